The molecule has 2 saturated carbocycles. The molecular formula is C16H19BrClFO. The second-order valence-corrected chi connectivity index (χ2v) is 7.55. The van der Waals surface area contributed by atoms with Crippen LogP contribution in [0, 0.1) is 11.2 Å². The minimum atomic E-state index is -0.393. The smallest absolute Gasteiger partial charge is 0.142 e. The highest BCUT2D eigenvalue weighted by Crippen LogP contribution is 2.55. The first-order valence-corrected chi connectivity index (χ1v) is 8.67. The second kappa shape index (κ2) is 5.84. The third-order valence-electron chi connectivity index (χ3n) is 4.89. The van der Waals surface area contributed by atoms with Crippen LogP contribution in [0.2, 0.25) is 5.02 Å². The van der Waals surface area contributed by atoms with Crippen molar-refractivity contribution in [3.05, 3.63) is 29.0 Å². The SMILES string of the molecule is Fc1ccc(OC2CC(Br)C23CCCCCC3)cc1Cl. The van der Waals surface area contributed by atoms with Crippen molar-refractivity contribution in [2.45, 2.75) is 55.9 Å². The van der Waals surface area contributed by atoms with Crippen LogP contribution < -0.4 is 4.74 Å². The Hall–Kier alpha value is -0.280. The average molecular weight is 362 g/mol. The van der Waals surface area contributed by atoms with Crippen LogP contribution in [-0.2, 0) is 0 Å². The number of hydrogen-bond donors (Lipinski definition) is 0. The van der Waals surface area contributed by atoms with Gasteiger partial charge in [0.25, 0.3) is 0 Å². The van der Waals surface area contributed by atoms with Crippen molar-refractivity contribution >= 4 is 27.5 Å². The van der Waals surface area contributed by atoms with Crippen molar-refractivity contribution in [3.8, 4) is 5.75 Å². The maximum Gasteiger partial charge on any atom is 0.142 e. The van der Waals surface area contributed by atoms with Crippen LogP contribution in [0.25, 0.3) is 0 Å². The Kier molecular flexibility index (Phi) is 4.28. The highest BCUT2D eigenvalue weighted by Gasteiger charge is 2.54. The molecule has 1 aromatic rings. The Labute approximate surface area is 133 Å². The summed E-state index contributed by atoms with van der Waals surface area (Å²) >= 11 is 9.65. The quantitative estimate of drug-likeness (QED) is 0.611. The molecule has 0 aliphatic heterocycles. The van der Waals surface area contributed by atoms with E-state index in [1.54, 1.807) is 12.1 Å². The molecule has 0 bridgehead atoms. The highest BCUT2D eigenvalue weighted by molar-refractivity contribution is 9.09. The molecule has 1 aromatic carbocycles. The van der Waals surface area contributed by atoms with Crippen molar-refractivity contribution in [1.29, 1.82) is 0 Å². The Bertz CT molecular complexity index is 485. The first-order valence-electron chi connectivity index (χ1n) is 7.37. The molecule has 3 rings (SSSR count). The molecule has 0 saturated heterocycles. The number of halogens is 3. The first kappa shape index (κ1) is 14.6. The molecule has 20 heavy (non-hydrogen) atoms. The summed E-state index contributed by atoms with van der Waals surface area (Å²) in [5.41, 5.74) is 0.261. The molecule has 2 aliphatic rings. The normalized spacial score (nSPS) is 28.8. The van der Waals surface area contributed by atoms with Crippen molar-refractivity contribution in [3.63, 3.8) is 0 Å². The Morgan fingerprint density at radius 2 is 1.90 bits per heavy atom. The lowest BCUT2D eigenvalue weighted by molar-refractivity contribution is -0.0462. The van der Waals surface area contributed by atoms with Gasteiger partial charge in [-0.1, -0.05) is 53.2 Å². The first-order chi connectivity index (χ1) is 9.62. The molecule has 2 fully saturated rings. The molecule has 1 spiro atoms. The van der Waals surface area contributed by atoms with Crippen molar-refractivity contribution in [1.82, 2.24) is 0 Å². The molecule has 4 heteroatoms. The zero-order valence-electron chi connectivity index (χ0n) is 11.4. The topological polar surface area (TPSA) is 9.23 Å². The van der Waals surface area contributed by atoms with Gasteiger partial charge in [0.1, 0.15) is 17.7 Å². The molecule has 1 nitrogen and oxygen atoms in total. The van der Waals surface area contributed by atoms with Gasteiger partial charge in [0.05, 0.1) is 5.02 Å². The summed E-state index contributed by atoms with van der Waals surface area (Å²) in [6, 6.07) is 4.64. The number of hydrogen-bond acceptors (Lipinski definition) is 1. The average Bonchev–Trinajstić information content (AvgIpc) is 2.70. The molecular weight excluding hydrogens is 343 g/mol. The van der Waals surface area contributed by atoms with Gasteiger partial charge < -0.3 is 4.74 Å². The van der Waals surface area contributed by atoms with E-state index in [2.05, 4.69) is 15.9 Å². The third-order valence-corrected chi connectivity index (χ3v) is 6.47. The van der Waals surface area contributed by atoms with Crippen LogP contribution in [-0.4, -0.2) is 10.9 Å². The van der Waals surface area contributed by atoms with Gasteiger partial charge in [-0.2, -0.15) is 0 Å². The van der Waals surface area contributed by atoms with Crippen LogP contribution in [0.5, 0.6) is 5.75 Å². The Morgan fingerprint density at radius 3 is 2.50 bits per heavy atom. The third kappa shape index (κ3) is 2.59. The largest absolute Gasteiger partial charge is 0.490 e. The fraction of sp³-hybridized carbons (Fsp3) is 0.625. The maximum atomic E-state index is 13.2. The fourth-order valence-corrected chi connectivity index (χ4v) is 4.86. The van der Waals surface area contributed by atoms with Gasteiger partial charge in [0.2, 0.25) is 0 Å². The second-order valence-electron chi connectivity index (χ2n) is 6.03. The molecule has 2 atom stereocenters. The summed E-state index contributed by atoms with van der Waals surface area (Å²) < 4.78 is 19.3. The van der Waals surface area contributed by atoms with E-state index in [0.29, 0.717) is 10.6 Å². The standard InChI is InChI=1S/C16H19BrClFO/c17-14-10-15(16(14)7-3-1-2-4-8-16)20-11-5-6-13(19)12(18)9-11/h5-6,9,14-15H,1-4,7-8,10H2. The molecule has 0 amide bonds. The monoisotopic (exact) mass is 360 g/mol. The maximum absolute atomic E-state index is 13.2. The lowest BCUT2D eigenvalue weighted by atomic mass is 9.61. The van der Waals surface area contributed by atoms with E-state index < -0.39 is 5.82 Å². The predicted octanol–water partition coefficient (Wildman–Crippen LogP) is 5.73. The highest BCUT2D eigenvalue weighted by atomic mass is 79.9. The molecule has 0 radical (unpaired) electrons. The number of alkyl halides is 1. The zero-order chi connectivity index (χ0) is 14.2. The van der Waals surface area contributed by atoms with Gasteiger partial charge in [-0.15, -0.1) is 0 Å². The molecule has 0 N–H and O–H groups in total. The van der Waals surface area contributed by atoms with Crippen LogP contribution in [0.15, 0.2) is 18.2 Å². The van der Waals surface area contributed by atoms with Crippen molar-refractivity contribution in [2.75, 3.05) is 0 Å². The van der Waals surface area contributed by atoms with Gasteiger partial charge in [0, 0.05) is 16.3 Å². The molecule has 2 aliphatic carbocycles. The van der Waals surface area contributed by atoms with Gasteiger partial charge in [0.15, 0.2) is 0 Å². The number of ether oxygens (including phenoxy) is 1. The van der Waals surface area contributed by atoms with Crippen LogP contribution in [0.4, 0.5) is 4.39 Å². The van der Waals surface area contributed by atoms with Crippen molar-refractivity contribution < 1.29 is 9.13 Å². The van der Waals surface area contributed by atoms with E-state index in [1.165, 1.54) is 44.6 Å². The zero-order valence-corrected chi connectivity index (χ0v) is 13.7. The lowest BCUT2D eigenvalue weighted by Gasteiger charge is -2.53. The molecule has 2 unspecified atom stereocenters. The van der Waals surface area contributed by atoms with E-state index in [0.717, 1.165) is 6.42 Å². The Balaban J connectivity index is 1.75. The predicted molar refractivity (Wildman–Crippen MR) is 83.3 cm³/mol. The van der Waals surface area contributed by atoms with Crippen LogP contribution in [0.3, 0.4) is 0 Å². The van der Waals surface area contributed by atoms with E-state index in [4.69, 9.17) is 16.3 Å². The van der Waals surface area contributed by atoms with Crippen LogP contribution >= 0.6 is 27.5 Å². The van der Waals surface area contributed by atoms with E-state index in [1.807, 2.05) is 0 Å². The van der Waals surface area contributed by atoms with E-state index in [-0.39, 0.29) is 16.5 Å². The van der Waals surface area contributed by atoms with Gasteiger partial charge in [-0.25, -0.2) is 4.39 Å². The minimum absolute atomic E-state index is 0.132. The minimum Gasteiger partial charge on any atom is -0.490 e. The summed E-state index contributed by atoms with van der Waals surface area (Å²) in [4.78, 5) is 0.550. The lowest BCUT2D eigenvalue weighted by Crippen LogP contribution is -2.56. The number of benzene rings is 1. The van der Waals surface area contributed by atoms with Gasteiger partial charge >= 0.3 is 0 Å². The molecule has 0 aromatic heterocycles. The summed E-state index contributed by atoms with van der Waals surface area (Å²) in [5, 5.41) is 0.132. The van der Waals surface area contributed by atoms with Crippen LogP contribution in [0.1, 0.15) is 44.9 Å². The summed E-state index contributed by atoms with van der Waals surface area (Å²) in [6.07, 6.45) is 8.93. The summed E-state index contributed by atoms with van der Waals surface area (Å²) in [5.74, 6) is 0.291. The van der Waals surface area contributed by atoms with E-state index in [9.17, 15) is 4.39 Å². The van der Waals surface area contributed by atoms with Crippen molar-refractivity contribution in [2.24, 2.45) is 5.41 Å². The summed E-state index contributed by atoms with van der Waals surface area (Å²) in [7, 11) is 0. The molecule has 110 valence electrons. The Morgan fingerprint density at radius 1 is 1.20 bits per heavy atom. The molecule has 0 heterocycles. The van der Waals surface area contributed by atoms with Gasteiger partial charge in [-0.3, -0.25) is 0 Å². The fourth-order valence-electron chi connectivity index (χ4n) is 3.60. The van der Waals surface area contributed by atoms with E-state index >= 15 is 0 Å². The summed E-state index contributed by atoms with van der Waals surface area (Å²) in [6.45, 7) is 0. The number of rotatable bonds is 2. The van der Waals surface area contributed by atoms with Gasteiger partial charge in [-0.05, 0) is 31.4 Å².